The number of phenols is 3. The van der Waals surface area contributed by atoms with Crippen LogP contribution in [0.5, 0.6) is 34.5 Å². The largest absolute Gasteiger partial charge is 0.508 e. The number of nitrogens with one attached hydrogen (secondary N) is 1. The quantitative estimate of drug-likeness (QED) is 0.0138. The molecule has 0 atom stereocenters. The number of hydrogen-bond acceptors (Lipinski definition) is 25. The van der Waals surface area contributed by atoms with E-state index in [1.807, 2.05) is 0 Å². The SMILES string of the molecule is COC(=O)c1cc(C)c(O)c(C=O)c1.COC(=O)c1cc(C)c(OC(=O)c2ccccc2)c(C(=O)O)c1.COC(=O)c1cc(C)c(OC(=O)c2ccccc2)c(C=O)c1.CONC(=O)c1cc(C(=O)OC)cc(C)c1OC(=O)c1ccccc1.Cc1cc(C(=O)O)cc(C=O)c1O.Cc1cc(C(=O)O)ccc1O. The van der Waals surface area contributed by atoms with Crippen molar-refractivity contribution < 1.29 is 136 Å². The molecule has 9 rings (SSSR count). The van der Waals surface area contributed by atoms with Gasteiger partial charge < -0.3 is 63.8 Å². The Morgan fingerprint density at radius 3 is 0.954 bits per heavy atom. The first-order chi connectivity index (χ1) is 51.2. The molecule has 0 aliphatic carbocycles. The fraction of sp³-hybridized carbons (Fsp3) is 0.139. The molecule has 0 aliphatic rings. The van der Waals surface area contributed by atoms with Gasteiger partial charge in [0, 0.05) is 0 Å². The van der Waals surface area contributed by atoms with E-state index in [9.17, 15) is 82.4 Å². The van der Waals surface area contributed by atoms with Crippen LogP contribution in [0.1, 0.15) is 178 Å². The average Bonchev–Trinajstić information content (AvgIpc) is 0.803. The lowest BCUT2D eigenvalue weighted by molar-refractivity contribution is 0.0528. The van der Waals surface area contributed by atoms with E-state index in [1.165, 1.54) is 109 Å². The number of benzene rings is 9. The highest BCUT2D eigenvalue weighted by molar-refractivity contribution is 6.03. The van der Waals surface area contributed by atoms with Gasteiger partial charge in [-0.25, -0.2) is 53.4 Å². The summed E-state index contributed by atoms with van der Waals surface area (Å²) in [6.07, 6.45) is 1.45. The molecule has 9 aromatic rings. The maximum absolute atomic E-state index is 12.3. The average molecular weight is 1480 g/mol. The molecule has 0 bridgehead atoms. The third kappa shape index (κ3) is 24.3. The first-order valence-electron chi connectivity index (χ1n) is 31.2. The van der Waals surface area contributed by atoms with Crippen molar-refractivity contribution >= 4 is 84.5 Å². The molecule has 9 aromatic carbocycles. The number of phenolic OH excluding ortho intramolecular Hbond substituents is 3. The smallest absolute Gasteiger partial charge is 0.343 e. The van der Waals surface area contributed by atoms with Gasteiger partial charge in [-0.05, 0) is 190 Å². The molecule has 0 aliphatic heterocycles. The van der Waals surface area contributed by atoms with Crippen LogP contribution in [0.15, 0.2) is 170 Å². The second-order valence-corrected chi connectivity index (χ2v) is 22.2. The number of ether oxygens (including phenoxy) is 7. The summed E-state index contributed by atoms with van der Waals surface area (Å²) in [6.45, 7) is 9.61. The molecule has 0 spiro atoms. The van der Waals surface area contributed by atoms with Crippen molar-refractivity contribution in [2.24, 2.45) is 0 Å². The molecule has 108 heavy (non-hydrogen) atoms. The number of hydrogen-bond donors (Lipinski definition) is 7. The lowest BCUT2D eigenvalue weighted by atomic mass is 10.0. The first kappa shape index (κ1) is 85.9. The molecule has 0 unspecified atom stereocenters. The molecule has 0 radical (unpaired) electrons. The summed E-state index contributed by atoms with van der Waals surface area (Å²) in [7, 11) is 6.20. The zero-order chi connectivity index (χ0) is 80.6. The summed E-state index contributed by atoms with van der Waals surface area (Å²) in [5, 5.41) is 54.2. The Kier molecular flexibility index (Phi) is 33.1. The highest BCUT2D eigenvalue weighted by atomic mass is 16.6. The van der Waals surface area contributed by atoms with Crippen molar-refractivity contribution in [3.05, 3.63) is 281 Å². The van der Waals surface area contributed by atoms with Crippen molar-refractivity contribution in [2.45, 2.75) is 41.5 Å². The third-order valence-corrected chi connectivity index (χ3v) is 14.6. The Bertz CT molecular complexity index is 4850. The molecule has 29 nitrogen and oxygen atoms in total. The Morgan fingerprint density at radius 1 is 0.306 bits per heavy atom. The van der Waals surface area contributed by atoms with Crippen LogP contribution >= 0.6 is 0 Å². The van der Waals surface area contributed by atoms with Gasteiger partial charge in [-0.1, -0.05) is 54.6 Å². The van der Waals surface area contributed by atoms with Gasteiger partial charge in [0.05, 0.1) is 108 Å². The molecule has 7 N–H and O–H groups in total. The van der Waals surface area contributed by atoms with Crippen molar-refractivity contribution in [2.75, 3.05) is 35.5 Å². The molecule has 29 heteroatoms. The summed E-state index contributed by atoms with van der Waals surface area (Å²) in [4.78, 5) is 164. The normalized spacial score (nSPS) is 9.84. The number of carboxylic acids is 3. The maximum atomic E-state index is 12.3. The summed E-state index contributed by atoms with van der Waals surface area (Å²) in [6, 6.07) is 42.5. The van der Waals surface area contributed by atoms with E-state index in [0.29, 0.717) is 68.9 Å². The number of amides is 1. The van der Waals surface area contributed by atoms with Gasteiger partial charge in [0.25, 0.3) is 5.91 Å². The monoisotopic (exact) mass is 1480 g/mol. The number of carbonyl (C=O) groups excluding carboxylic acids is 11. The molecule has 1 amide bonds. The molecule has 0 fully saturated rings. The van der Waals surface area contributed by atoms with Gasteiger partial charge in [-0.2, -0.15) is 0 Å². The summed E-state index contributed by atoms with van der Waals surface area (Å²) >= 11 is 0. The topological polar surface area (TPSA) is 446 Å². The number of rotatable bonds is 18. The number of aldehydes is 3. The molecule has 0 heterocycles. The minimum atomic E-state index is -1.31. The van der Waals surface area contributed by atoms with Gasteiger partial charge in [0.15, 0.2) is 18.9 Å². The van der Waals surface area contributed by atoms with E-state index in [0.717, 1.165) is 12.1 Å². The highest BCUT2D eigenvalue weighted by Gasteiger charge is 2.25. The zero-order valence-corrected chi connectivity index (χ0v) is 59.6. The molecular formula is C79H71NO28. The van der Waals surface area contributed by atoms with E-state index in [1.54, 1.807) is 126 Å². The standard InChI is InChI=1S/C18H17NO6.C17H14O6.C17H14O5.C10H10O4.C9H8O4.C8H8O3/c1-11-9-13(17(21)23-2)10-14(16(20)19-24-3)15(11)25-18(22)12-7-5-4-6-8-12;1-10-8-12(16(20)22-2)9-13(15(18)19)14(10)23-17(21)11-6-4-3-5-7-11;1-11-8-13(16(19)21-2)9-14(10-18)15(11)22-17(20)12-6-4-3-5-7-12;1-6-3-7(10(13)14-2)4-8(5-11)9(6)12;1-5-2-6(9(12)13)3-7(4-10)8(5)11;1-5-4-6(8(10)11)2-3-7(5)9/h4-10H,1-3H3,(H,19,20);3-9H,1-2H3,(H,18,19);3-10H,1-2H3;3-5,12H,1-2H3;2-4,11H,1H3,(H,12,13);2-4,9H,1H3,(H,10,11). The zero-order valence-electron chi connectivity index (χ0n) is 59.6. The van der Waals surface area contributed by atoms with E-state index in [2.05, 4.69) is 29.3 Å². The second-order valence-electron chi connectivity index (χ2n) is 22.2. The minimum absolute atomic E-state index is 0.00241. The predicted molar refractivity (Wildman–Crippen MR) is 383 cm³/mol. The number of carboxylic acid groups (broad SMARTS) is 3. The van der Waals surface area contributed by atoms with E-state index < -0.39 is 65.6 Å². The summed E-state index contributed by atoms with van der Waals surface area (Å²) in [5.74, 6) is -8.40. The lowest BCUT2D eigenvalue weighted by Gasteiger charge is -2.14. The number of methoxy groups -OCH3 is 4. The minimum Gasteiger partial charge on any atom is -0.508 e. The van der Waals surface area contributed by atoms with Gasteiger partial charge in [-0.3, -0.25) is 24.0 Å². The van der Waals surface area contributed by atoms with Crippen LogP contribution in [0, 0.1) is 41.5 Å². The van der Waals surface area contributed by atoms with Crippen molar-refractivity contribution in [3.8, 4) is 34.5 Å². The number of aromatic carboxylic acids is 3. The third-order valence-electron chi connectivity index (χ3n) is 14.6. The van der Waals surface area contributed by atoms with Crippen LogP contribution in [-0.2, 0) is 23.8 Å². The van der Waals surface area contributed by atoms with Crippen molar-refractivity contribution in [1.29, 1.82) is 0 Å². The molecule has 0 saturated carbocycles. The van der Waals surface area contributed by atoms with Crippen LogP contribution < -0.4 is 19.7 Å². The number of carbonyl (C=O) groups is 14. The van der Waals surface area contributed by atoms with Gasteiger partial charge >= 0.3 is 59.7 Å². The van der Waals surface area contributed by atoms with Crippen LogP contribution in [-0.4, -0.2) is 151 Å². The van der Waals surface area contributed by atoms with Crippen LogP contribution in [0.4, 0.5) is 0 Å². The number of aromatic hydroxyl groups is 3. The maximum Gasteiger partial charge on any atom is 0.343 e. The van der Waals surface area contributed by atoms with Gasteiger partial charge in [0.2, 0.25) is 0 Å². The number of hydroxylamine groups is 1. The van der Waals surface area contributed by atoms with Crippen molar-refractivity contribution in [3.63, 3.8) is 0 Å². The highest BCUT2D eigenvalue weighted by Crippen LogP contribution is 2.31. The van der Waals surface area contributed by atoms with Crippen LogP contribution in [0.25, 0.3) is 0 Å². The Balaban J connectivity index is 0.000000280. The summed E-state index contributed by atoms with van der Waals surface area (Å²) < 4.78 is 34.3. The Morgan fingerprint density at radius 2 is 0.611 bits per heavy atom. The fourth-order valence-electron chi connectivity index (χ4n) is 9.15. The number of esters is 7. The van der Waals surface area contributed by atoms with Gasteiger partial charge in [0.1, 0.15) is 40.1 Å². The summed E-state index contributed by atoms with van der Waals surface area (Å²) in [5.41, 5.74) is 6.61. The number of aryl methyl sites for hydroxylation is 6. The fourth-order valence-corrected chi connectivity index (χ4v) is 9.15. The first-order valence-corrected chi connectivity index (χ1v) is 31.2. The molecular weight excluding hydrogens is 1410 g/mol. The lowest BCUT2D eigenvalue weighted by Crippen LogP contribution is -2.24. The van der Waals surface area contributed by atoms with Gasteiger partial charge in [-0.15, -0.1) is 0 Å². The second kappa shape index (κ2) is 41.6. The molecule has 0 saturated heterocycles. The molecule has 0 aromatic heterocycles. The Labute approximate surface area is 615 Å². The van der Waals surface area contributed by atoms with E-state index >= 15 is 0 Å². The van der Waals surface area contributed by atoms with Crippen LogP contribution in [0.3, 0.4) is 0 Å². The van der Waals surface area contributed by atoms with Crippen molar-refractivity contribution in [1.82, 2.24) is 5.48 Å². The van der Waals surface area contributed by atoms with E-state index in [-0.39, 0.29) is 95.7 Å². The van der Waals surface area contributed by atoms with Crippen LogP contribution in [0.2, 0.25) is 0 Å². The van der Waals surface area contributed by atoms with E-state index in [4.69, 9.17) is 29.5 Å². The predicted octanol–water partition coefficient (Wildman–Crippen LogP) is 11.7. The molecule has 560 valence electrons. The Hall–Kier alpha value is -14.5.